The highest BCUT2D eigenvalue weighted by Crippen LogP contribution is 2.32. The molecule has 0 aromatic heterocycles. The Labute approximate surface area is 195 Å². The highest BCUT2D eigenvalue weighted by atomic mass is 79.9. The summed E-state index contributed by atoms with van der Waals surface area (Å²) in [6, 6.07) is 20.7. The monoisotopic (exact) mass is 515 g/mol. The summed E-state index contributed by atoms with van der Waals surface area (Å²) < 4.78 is 33.9. The highest BCUT2D eigenvalue weighted by Gasteiger charge is 2.30. The summed E-state index contributed by atoms with van der Waals surface area (Å²) in [5, 5.41) is 3.95. The third-order valence-electron chi connectivity index (χ3n) is 4.47. The van der Waals surface area contributed by atoms with Gasteiger partial charge in [-0.25, -0.2) is 13.8 Å². The van der Waals surface area contributed by atoms with Crippen LogP contribution in [0.2, 0.25) is 0 Å². The molecule has 0 aliphatic heterocycles. The molecule has 0 aliphatic carbocycles. The number of hydrogen-bond acceptors (Lipinski definition) is 5. The molecule has 0 spiro atoms. The van der Waals surface area contributed by atoms with Crippen LogP contribution in [0, 0.1) is 6.92 Å². The number of rotatable bonds is 8. The van der Waals surface area contributed by atoms with Gasteiger partial charge in [0.1, 0.15) is 17.2 Å². The van der Waals surface area contributed by atoms with Crippen molar-refractivity contribution in [2.45, 2.75) is 11.8 Å². The van der Waals surface area contributed by atoms with E-state index in [-0.39, 0.29) is 10.6 Å². The van der Waals surface area contributed by atoms with Gasteiger partial charge in [-0.1, -0.05) is 64.0 Å². The summed E-state index contributed by atoms with van der Waals surface area (Å²) in [4.78, 5) is 12.6. The summed E-state index contributed by atoms with van der Waals surface area (Å²) in [5.74, 6) is -0.415. The lowest BCUT2D eigenvalue weighted by Gasteiger charge is -2.24. The number of hydrazone groups is 1. The number of nitrogens with zero attached hydrogens (tertiary/aromatic N) is 2. The second kappa shape index (κ2) is 10.4. The molecule has 0 saturated heterocycles. The first-order chi connectivity index (χ1) is 15.3. The van der Waals surface area contributed by atoms with E-state index in [0.717, 1.165) is 15.4 Å². The third kappa shape index (κ3) is 5.74. The molecule has 32 heavy (non-hydrogen) atoms. The largest absolute Gasteiger partial charge is 0.495 e. The Bertz CT molecular complexity index is 1230. The topological polar surface area (TPSA) is 88.1 Å². The molecule has 0 atom stereocenters. The molecule has 3 rings (SSSR count). The van der Waals surface area contributed by atoms with Gasteiger partial charge in [0.15, 0.2) is 0 Å². The Morgan fingerprint density at radius 2 is 1.84 bits per heavy atom. The molecule has 1 N–H and O–H groups in total. The zero-order chi connectivity index (χ0) is 23.1. The fourth-order valence-corrected chi connectivity index (χ4v) is 5.09. The first kappa shape index (κ1) is 23.5. The number of hydrogen-bond donors (Lipinski definition) is 1. The number of amides is 1. The SMILES string of the molecule is COc1ccc(Br)cc1S(=O)(=O)N(CC(=O)N/N=C\c1cccc(C)c1)c1ccccc1. The minimum atomic E-state index is -4.13. The van der Waals surface area contributed by atoms with Crippen LogP contribution < -0.4 is 14.5 Å². The third-order valence-corrected chi connectivity index (χ3v) is 6.76. The summed E-state index contributed by atoms with van der Waals surface area (Å²) in [7, 11) is -2.74. The van der Waals surface area contributed by atoms with Gasteiger partial charge in [0.05, 0.1) is 19.0 Å². The van der Waals surface area contributed by atoms with Crippen molar-refractivity contribution < 1.29 is 17.9 Å². The van der Waals surface area contributed by atoms with Crippen molar-refractivity contribution in [3.63, 3.8) is 0 Å². The Balaban J connectivity index is 1.89. The van der Waals surface area contributed by atoms with Crippen LogP contribution in [0.3, 0.4) is 0 Å². The van der Waals surface area contributed by atoms with Crippen molar-refractivity contribution >= 4 is 43.8 Å². The Morgan fingerprint density at radius 3 is 2.53 bits per heavy atom. The normalized spacial score (nSPS) is 11.3. The number of aryl methyl sites for hydroxylation is 1. The van der Waals surface area contributed by atoms with Crippen LogP contribution >= 0.6 is 15.9 Å². The maximum atomic E-state index is 13.5. The number of benzene rings is 3. The first-order valence-corrected chi connectivity index (χ1v) is 11.8. The molecule has 0 bridgehead atoms. The lowest BCUT2D eigenvalue weighted by atomic mass is 10.2. The summed E-state index contributed by atoms with van der Waals surface area (Å²) in [6.45, 7) is 1.49. The van der Waals surface area contributed by atoms with Gasteiger partial charge in [0, 0.05) is 4.47 Å². The first-order valence-electron chi connectivity index (χ1n) is 9.61. The van der Waals surface area contributed by atoms with Gasteiger partial charge in [0.2, 0.25) is 0 Å². The van der Waals surface area contributed by atoms with Crippen LogP contribution in [0.4, 0.5) is 5.69 Å². The van der Waals surface area contributed by atoms with Crippen LogP contribution in [0.25, 0.3) is 0 Å². The van der Waals surface area contributed by atoms with E-state index >= 15 is 0 Å². The van der Waals surface area contributed by atoms with Crippen molar-refractivity contribution in [2.24, 2.45) is 5.10 Å². The summed E-state index contributed by atoms with van der Waals surface area (Å²) >= 11 is 3.30. The van der Waals surface area contributed by atoms with Gasteiger partial charge in [-0.05, 0) is 42.8 Å². The van der Waals surface area contributed by atoms with Crippen molar-refractivity contribution in [1.29, 1.82) is 0 Å². The van der Waals surface area contributed by atoms with E-state index < -0.39 is 22.5 Å². The molecule has 7 nitrogen and oxygen atoms in total. The van der Waals surface area contributed by atoms with Gasteiger partial charge < -0.3 is 4.74 Å². The molecule has 0 aliphatic rings. The number of para-hydroxylation sites is 1. The fourth-order valence-electron chi connectivity index (χ4n) is 2.98. The smallest absolute Gasteiger partial charge is 0.268 e. The maximum absolute atomic E-state index is 13.5. The molecule has 0 radical (unpaired) electrons. The van der Waals surface area contributed by atoms with Gasteiger partial charge >= 0.3 is 0 Å². The Kier molecular flexibility index (Phi) is 7.66. The molecule has 0 fully saturated rings. The van der Waals surface area contributed by atoms with Crippen LogP contribution in [0.5, 0.6) is 5.75 Å². The van der Waals surface area contributed by atoms with Crippen molar-refractivity contribution in [2.75, 3.05) is 18.0 Å². The molecule has 9 heteroatoms. The molecule has 166 valence electrons. The molecular formula is C23H22BrN3O4S. The fraction of sp³-hybridized carbons (Fsp3) is 0.130. The van der Waals surface area contributed by atoms with E-state index in [0.29, 0.717) is 10.2 Å². The molecular weight excluding hydrogens is 494 g/mol. The van der Waals surface area contributed by atoms with Crippen LogP contribution in [-0.2, 0) is 14.8 Å². The Hall–Kier alpha value is -3.17. The predicted molar refractivity (Wildman–Crippen MR) is 129 cm³/mol. The number of carbonyl (C=O) groups is 1. The van der Waals surface area contributed by atoms with E-state index in [2.05, 4.69) is 26.5 Å². The van der Waals surface area contributed by atoms with Crippen molar-refractivity contribution in [3.8, 4) is 5.75 Å². The number of carbonyl (C=O) groups excluding carboxylic acids is 1. The standard InChI is InChI=1S/C23H22BrN3O4S/c1-17-7-6-8-18(13-17)15-25-26-23(28)16-27(20-9-4-3-5-10-20)32(29,30)22-14-19(24)11-12-21(22)31-2/h3-15H,16H2,1-2H3,(H,26,28)/b25-15-. The van der Waals surface area contributed by atoms with E-state index in [1.165, 1.54) is 19.4 Å². The minimum Gasteiger partial charge on any atom is -0.495 e. The Morgan fingerprint density at radius 1 is 1.09 bits per heavy atom. The molecule has 3 aromatic carbocycles. The van der Waals surface area contributed by atoms with Crippen molar-refractivity contribution in [1.82, 2.24) is 5.43 Å². The molecule has 0 heterocycles. The van der Waals surface area contributed by atoms with Crippen molar-refractivity contribution in [3.05, 3.63) is 88.4 Å². The minimum absolute atomic E-state index is 0.0608. The zero-order valence-corrected chi connectivity index (χ0v) is 19.9. The highest BCUT2D eigenvalue weighted by molar-refractivity contribution is 9.10. The average molecular weight is 516 g/mol. The zero-order valence-electron chi connectivity index (χ0n) is 17.5. The molecule has 0 unspecified atom stereocenters. The quantitative estimate of drug-likeness (QED) is 0.361. The van der Waals surface area contributed by atoms with Crippen LogP contribution in [-0.4, -0.2) is 34.2 Å². The number of nitrogens with one attached hydrogen (secondary N) is 1. The number of halogens is 1. The van der Waals surface area contributed by atoms with E-state index in [9.17, 15) is 13.2 Å². The van der Waals surface area contributed by atoms with Gasteiger partial charge in [-0.3, -0.25) is 9.10 Å². The maximum Gasteiger partial charge on any atom is 0.268 e. The van der Waals surface area contributed by atoms with Gasteiger partial charge in [0.25, 0.3) is 15.9 Å². The summed E-state index contributed by atoms with van der Waals surface area (Å²) in [5.41, 5.74) is 4.61. The van der Waals surface area contributed by atoms with E-state index in [4.69, 9.17) is 4.74 Å². The molecule has 1 amide bonds. The molecule has 0 saturated carbocycles. The molecule has 3 aromatic rings. The predicted octanol–water partition coefficient (Wildman–Crippen LogP) is 4.11. The van der Waals surface area contributed by atoms with Crippen LogP contribution in [0.1, 0.15) is 11.1 Å². The van der Waals surface area contributed by atoms with E-state index in [1.807, 2.05) is 31.2 Å². The average Bonchev–Trinajstić information content (AvgIpc) is 2.78. The van der Waals surface area contributed by atoms with Crippen LogP contribution in [0.15, 0.2) is 87.3 Å². The second-order valence-corrected chi connectivity index (χ2v) is 9.60. The lowest BCUT2D eigenvalue weighted by molar-refractivity contribution is -0.119. The number of methoxy groups -OCH3 is 1. The number of anilines is 1. The van der Waals surface area contributed by atoms with Gasteiger partial charge in [-0.15, -0.1) is 0 Å². The second-order valence-electron chi connectivity index (χ2n) is 6.85. The van der Waals surface area contributed by atoms with Gasteiger partial charge in [-0.2, -0.15) is 5.10 Å². The number of sulfonamides is 1. The number of ether oxygens (including phenoxy) is 1. The lowest BCUT2D eigenvalue weighted by Crippen LogP contribution is -2.39. The van der Waals surface area contributed by atoms with E-state index in [1.54, 1.807) is 42.5 Å². The summed E-state index contributed by atoms with van der Waals surface area (Å²) in [6.07, 6.45) is 1.50.